The van der Waals surface area contributed by atoms with Crippen molar-refractivity contribution in [2.75, 3.05) is 37.5 Å². The van der Waals surface area contributed by atoms with E-state index in [1.54, 1.807) is 24.3 Å². The molecule has 2 N–H and O–H groups in total. The normalized spacial score (nSPS) is 11.0. The SMILES string of the molecule is CN(C)c1ccc(NC(=O)COC(=O)CNS(=O)(=O)c2ccccc2F)cc1. The van der Waals surface area contributed by atoms with E-state index in [1.165, 1.54) is 12.1 Å². The number of halogens is 1. The number of hydrogen-bond donors (Lipinski definition) is 2. The molecule has 0 fully saturated rings. The van der Waals surface area contributed by atoms with E-state index in [0.29, 0.717) is 5.69 Å². The molecule has 28 heavy (non-hydrogen) atoms. The van der Waals surface area contributed by atoms with Crippen molar-refractivity contribution in [1.29, 1.82) is 0 Å². The summed E-state index contributed by atoms with van der Waals surface area (Å²) in [6, 6.07) is 11.7. The predicted molar refractivity (Wildman–Crippen MR) is 102 cm³/mol. The molecule has 0 radical (unpaired) electrons. The number of carbonyl (C=O) groups excluding carboxylic acids is 2. The summed E-state index contributed by atoms with van der Waals surface area (Å²) >= 11 is 0. The third kappa shape index (κ3) is 6.03. The van der Waals surface area contributed by atoms with Crippen LogP contribution >= 0.6 is 0 Å². The van der Waals surface area contributed by atoms with Gasteiger partial charge in [0.2, 0.25) is 10.0 Å². The number of hydrogen-bond acceptors (Lipinski definition) is 6. The minimum atomic E-state index is -4.21. The second-order valence-corrected chi connectivity index (χ2v) is 7.64. The van der Waals surface area contributed by atoms with Gasteiger partial charge in [0.1, 0.15) is 17.3 Å². The molecule has 8 nitrogen and oxygen atoms in total. The molecule has 0 heterocycles. The Labute approximate surface area is 162 Å². The number of nitrogens with zero attached hydrogens (tertiary/aromatic N) is 1. The van der Waals surface area contributed by atoms with Gasteiger partial charge in [0.25, 0.3) is 5.91 Å². The number of rotatable bonds is 8. The first-order valence-electron chi connectivity index (χ1n) is 8.16. The van der Waals surface area contributed by atoms with E-state index >= 15 is 0 Å². The summed E-state index contributed by atoms with van der Waals surface area (Å²) in [5, 5.41) is 2.55. The highest BCUT2D eigenvalue weighted by Gasteiger charge is 2.20. The summed E-state index contributed by atoms with van der Waals surface area (Å²) in [6.07, 6.45) is 0. The molecule has 0 aromatic heterocycles. The van der Waals surface area contributed by atoms with Gasteiger partial charge in [-0.1, -0.05) is 12.1 Å². The molecule has 0 unspecified atom stereocenters. The molecule has 0 spiro atoms. The maximum atomic E-state index is 13.5. The van der Waals surface area contributed by atoms with E-state index < -0.39 is 45.8 Å². The third-order valence-electron chi connectivity index (χ3n) is 3.56. The van der Waals surface area contributed by atoms with Crippen molar-refractivity contribution >= 4 is 33.3 Å². The van der Waals surface area contributed by atoms with Crippen molar-refractivity contribution in [2.45, 2.75) is 4.90 Å². The number of carbonyl (C=O) groups is 2. The summed E-state index contributed by atoms with van der Waals surface area (Å²) < 4.78 is 44.1. The average Bonchev–Trinajstić information content (AvgIpc) is 2.65. The molecule has 2 rings (SSSR count). The molecule has 0 aliphatic carbocycles. The monoisotopic (exact) mass is 409 g/mol. The number of nitrogens with one attached hydrogen (secondary N) is 2. The van der Waals surface area contributed by atoms with E-state index in [4.69, 9.17) is 4.74 Å². The van der Waals surface area contributed by atoms with Crippen molar-refractivity contribution in [3.63, 3.8) is 0 Å². The van der Waals surface area contributed by atoms with Crippen molar-refractivity contribution in [3.05, 3.63) is 54.3 Å². The lowest BCUT2D eigenvalue weighted by Gasteiger charge is -2.13. The number of ether oxygens (including phenoxy) is 1. The molecular weight excluding hydrogens is 389 g/mol. The summed E-state index contributed by atoms with van der Waals surface area (Å²) in [6.45, 7) is -1.32. The Kier molecular flexibility index (Phi) is 7.07. The second-order valence-electron chi connectivity index (χ2n) is 5.91. The molecule has 150 valence electrons. The summed E-state index contributed by atoms with van der Waals surface area (Å²) in [7, 11) is -0.450. The van der Waals surface area contributed by atoms with Crippen LogP contribution in [0.3, 0.4) is 0 Å². The molecular formula is C18H20FN3O5S. The van der Waals surface area contributed by atoms with Gasteiger partial charge in [-0.25, -0.2) is 12.8 Å². The van der Waals surface area contributed by atoms with Crippen molar-refractivity contribution < 1.29 is 27.1 Å². The van der Waals surface area contributed by atoms with Crippen LogP contribution in [0, 0.1) is 5.82 Å². The first-order chi connectivity index (χ1) is 13.2. The molecule has 0 aliphatic heterocycles. The maximum Gasteiger partial charge on any atom is 0.321 e. The molecule has 0 saturated heterocycles. The standard InChI is InChI=1S/C18H20FN3O5S/c1-22(2)14-9-7-13(8-10-14)21-17(23)12-27-18(24)11-20-28(25,26)16-6-4-3-5-15(16)19/h3-10,20H,11-12H2,1-2H3,(H,21,23). The van der Waals surface area contributed by atoms with Gasteiger partial charge in [0.05, 0.1) is 0 Å². The number of benzene rings is 2. The molecule has 0 atom stereocenters. The zero-order valence-corrected chi connectivity index (χ0v) is 16.1. The van der Waals surface area contributed by atoms with E-state index in [2.05, 4.69) is 5.32 Å². The van der Waals surface area contributed by atoms with Gasteiger partial charge >= 0.3 is 5.97 Å². The molecule has 10 heteroatoms. The first kappa shape index (κ1) is 21.3. The van der Waals surface area contributed by atoms with E-state index in [1.807, 2.05) is 23.7 Å². The number of esters is 1. The largest absolute Gasteiger partial charge is 0.455 e. The van der Waals surface area contributed by atoms with Crippen molar-refractivity contribution in [3.8, 4) is 0 Å². The molecule has 0 bridgehead atoms. The van der Waals surface area contributed by atoms with Gasteiger partial charge in [-0.05, 0) is 36.4 Å². The zero-order chi connectivity index (χ0) is 20.7. The van der Waals surface area contributed by atoms with Crippen molar-refractivity contribution in [2.24, 2.45) is 0 Å². The van der Waals surface area contributed by atoms with Crippen LogP contribution in [0.25, 0.3) is 0 Å². The number of sulfonamides is 1. The minimum absolute atomic E-state index is 0.520. The van der Waals surface area contributed by atoms with Gasteiger partial charge in [0, 0.05) is 25.5 Å². The van der Waals surface area contributed by atoms with E-state index in [-0.39, 0.29) is 0 Å². The zero-order valence-electron chi connectivity index (χ0n) is 15.3. The van der Waals surface area contributed by atoms with Crippen LogP contribution in [0.2, 0.25) is 0 Å². The number of anilines is 2. The highest BCUT2D eigenvalue weighted by Crippen LogP contribution is 2.15. The minimum Gasteiger partial charge on any atom is -0.455 e. The quantitative estimate of drug-likeness (QED) is 0.638. The Balaban J connectivity index is 1.80. The molecule has 0 aliphatic rings. The smallest absolute Gasteiger partial charge is 0.321 e. The maximum absolute atomic E-state index is 13.5. The lowest BCUT2D eigenvalue weighted by Crippen LogP contribution is -2.32. The van der Waals surface area contributed by atoms with E-state index in [9.17, 15) is 22.4 Å². The Bertz CT molecular complexity index is 946. The highest BCUT2D eigenvalue weighted by atomic mass is 32.2. The van der Waals surface area contributed by atoms with Crippen molar-refractivity contribution in [1.82, 2.24) is 4.72 Å². The Morgan fingerprint density at radius 1 is 1.07 bits per heavy atom. The van der Waals surface area contributed by atoms with Gasteiger partial charge in [0.15, 0.2) is 6.61 Å². The average molecular weight is 409 g/mol. The highest BCUT2D eigenvalue weighted by molar-refractivity contribution is 7.89. The summed E-state index contributed by atoms with van der Waals surface area (Å²) in [5.74, 6) is -2.50. The molecule has 2 aromatic rings. The first-order valence-corrected chi connectivity index (χ1v) is 9.64. The van der Waals surface area contributed by atoms with Crippen LogP contribution in [-0.4, -0.2) is 47.5 Å². The third-order valence-corrected chi connectivity index (χ3v) is 5.00. The predicted octanol–water partition coefficient (Wildman–Crippen LogP) is 1.35. The summed E-state index contributed by atoms with van der Waals surface area (Å²) in [5.41, 5.74) is 1.47. The Morgan fingerprint density at radius 3 is 2.32 bits per heavy atom. The lowest BCUT2D eigenvalue weighted by molar-refractivity contribution is -0.146. The fourth-order valence-corrected chi connectivity index (χ4v) is 3.18. The van der Waals surface area contributed by atoms with Gasteiger partial charge in [-0.15, -0.1) is 0 Å². The topological polar surface area (TPSA) is 105 Å². The van der Waals surface area contributed by atoms with Crippen LogP contribution in [0.1, 0.15) is 0 Å². The Hall–Kier alpha value is -2.98. The van der Waals surface area contributed by atoms with Crippen LogP contribution in [-0.2, 0) is 24.3 Å². The van der Waals surface area contributed by atoms with Gasteiger partial charge < -0.3 is 15.0 Å². The molecule has 0 saturated carbocycles. The number of amides is 1. The van der Waals surface area contributed by atoms with Crippen LogP contribution in [0.5, 0.6) is 0 Å². The van der Waals surface area contributed by atoms with Crippen LogP contribution in [0.4, 0.5) is 15.8 Å². The van der Waals surface area contributed by atoms with Crippen LogP contribution in [0.15, 0.2) is 53.4 Å². The molecule has 2 aromatic carbocycles. The van der Waals surface area contributed by atoms with Gasteiger partial charge in [-0.2, -0.15) is 4.72 Å². The Morgan fingerprint density at radius 2 is 1.71 bits per heavy atom. The molecule has 1 amide bonds. The fraction of sp³-hybridized carbons (Fsp3) is 0.222. The van der Waals surface area contributed by atoms with Crippen LogP contribution < -0.4 is 14.9 Å². The van der Waals surface area contributed by atoms with E-state index in [0.717, 1.165) is 17.8 Å². The second kappa shape index (κ2) is 9.29. The summed E-state index contributed by atoms with van der Waals surface area (Å²) in [4.78, 5) is 24.8. The van der Waals surface area contributed by atoms with Gasteiger partial charge in [-0.3, -0.25) is 9.59 Å². The fourth-order valence-electron chi connectivity index (χ4n) is 2.13. The lowest BCUT2D eigenvalue weighted by atomic mass is 10.2.